The van der Waals surface area contributed by atoms with Gasteiger partial charge in [0.15, 0.2) is 0 Å². The molecule has 0 N–H and O–H groups in total. The summed E-state index contributed by atoms with van der Waals surface area (Å²) in [7, 11) is 0. The van der Waals surface area contributed by atoms with Crippen LogP contribution in [0.15, 0.2) is 163 Å². The summed E-state index contributed by atoms with van der Waals surface area (Å²) in [6.45, 7) is 8.58. The van der Waals surface area contributed by atoms with Crippen LogP contribution >= 0.6 is 0 Å². The predicted molar refractivity (Wildman–Crippen MR) is 211 cm³/mol. The number of hydrogen-bond acceptors (Lipinski definition) is 1. The molecule has 0 spiro atoms. The highest BCUT2D eigenvalue weighted by molar-refractivity contribution is 6.22. The van der Waals surface area contributed by atoms with E-state index in [0.717, 1.165) is 33.4 Å². The molecular formula is C48H34O. The number of hydrogen-bond donors (Lipinski definition) is 0. The minimum absolute atomic E-state index is 0.781. The zero-order valence-electron chi connectivity index (χ0n) is 27.6. The third kappa shape index (κ3) is 4.40. The van der Waals surface area contributed by atoms with Gasteiger partial charge in [-0.3, -0.25) is 0 Å². The van der Waals surface area contributed by atoms with Crippen LogP contribution in [-0.2, 0) is 0 Å². The molecule has 9 rings (SSSR count). The maximum atomic E-state index is 6.58. The fourth-order valence-electron chi connectivity index (χ4n) is 8.10. The summed E-state index contributed by atoms with van der Waals surface area (Å²) in [4.78, 5) is 0. The van der Waals surface area contributed by atoms with E-state index in [2.05, 4.69) is 172 Å². The first-order chi connectivity index (χ1) is 24.2. The Morgan fingerprint density at radius 2 is 0.959 bits per heavy atom. The average Bonchev–Trinajstić information content (AvgIpc) is 3.53. The zero-order valence-corrected chi connectivity index (χ0v) is 27.6. The van der Waals surface area contributed by atoms with Gasteiger partial charge in [0.1, 0.15) is 11.3 Å². The van der Waals surface area contributed by atoms with Crippen molar-refractivity contribution in [2.24, 2.45) is 0 Å². The highest BCUT2D eigenvalue weighted by atomic mass is 16.3. The van der Waals surface area contributed by atoms with Crippen LogP contribution in [0.1, 0.15) is 29.4 Å². The molecule has 0 aliphatic rings. The molecular weight excluding hydrogens is 593 g/mol. The lowest BCUT2D eigenvalue weighted by atomic mass is 9.84. The smallest absolute Gasteiger partial charge is 0.135 e. The Kier molecular flexibility index (Phi) is 6.81. The second-order valence-corrected chi connectivity index (χ2v) is 12.8. The second-order valence-electron chi connectivity index (χ2n) is 12.8. The highest BCUT2D eigenvalue weighted by Gasteiger charge is 2.23. The third-order valence-corrected chi connectivity index (χ3v) is 10.2. The first-order valence-corrected chi connectivity index (χ1v) is 16.9. The standard InChI is InChI=1S/C48H34O/c1-4-33(47-36-21-11-9-19-34(36)30(3)35-20-10-12-22-37(35)47)48-42-29-32(27-28-44(42)49-43(48)5-2)46-40-25-15-13-23-38(40)45(31-17-7-6-8-18-31)39-24-14-16-26-41(39)46/h4-29H,2H2,1,3H3/b33-4-. The molecule has 49 heavy (non-hydrogen) atoms. The molecule has 0 fully saturated rings. The van der Waals surface area contributed by atoms with Gasteiger partial charge in [-0.1, -0.05) is 146 Å². The lowest BCUT2D eigenvalue weighted by Crippen LogP contribution is -1.96. The van der Waals surface area contributed by atoms with Gasteiger partial charge in [-0.15, -0.1) is 0 Å². The van der Waals surface area contributed by atoms with E-state index in [9.17, 15) is 0 Å². The average molecular weight is 627 g/mol. The van der Waals surface area contributed by atoms with Crippen molar-refractivity contribution in [3.63, 3.8) is 0 Å². The van der Waals surface area contributed by atoms with Crippen LogP contribution in [0, 0.1) is 6.92 Å². The van der Waals surface area contributed by atoms with Crippen LogP contribution in [0.2, 0.25) is 0 Å². The van der Waals surface area contributed by atoms with E-state index in [1.54, 1.807) is 0 Å². The number of furan rings is 1. The minimum atomic E-state index is 0.781. The molecule has 0 saturated carbocycles. The van der Waals surface area contributed by atoms with Crippen molar-refractivity contribution in [3.05, 3.63) is 181 Å². The third-order valence-electron chi connectivity index (χ3n) is 10.2. The molecule has 0 aliphatic carbocycles. The van der Waals surface area contributed by atoms with Crippen LogP contribution in [0.4, 0.5) is 0 Å². The molecule has 0 bridgehead atoms. The largest absolute Gasteiger partial charge is 0.456 e. The van der Waals surface area contributed by atoms with E-state index >= 15 is 0 Å². The van der Waals surface area contributed by atoms with Gasteiger partial charge in [0.05, 0.1) is 0 Å². The zero-order chi connectivity index (χ0) is 33.1. The maximum Gasteiger partial charge on any atom is 0.135 e. The lowest BCUT2D eigenvalue weighted by molar-refractivity contribution is 0.603. The summed E-state index contributed by atoms with van der Waals surface area (Å²) >= 11 is 0. The maximum absolute atomic E-state index is 6.58. The van der Waals surface area contributed by atoms with Crippen molar-refractivity contribution in [1.82, 2.24) is 0 Å². The van der Waals surface area contributed by atoms with Crippen molar-refractivity contribution < 1.29 is 4.42 Å². The SMILES string of the molecule is C=Cc1oc2ccc(-c3c4ccccc4c(-c4ccccc4)c4ccccc34)cc2c1/C(=C\C)c1c2ccccc2c(C)c2ccccc12. The van der Waals surface area contributed by atoms with Crippen molar-refractivity contribution in [2.75, 3.05) is 0 Å². The number of fused-ring (bicyclic) bond motifs is 5. The van der Waals surface area contributed by atoms with Gasteiger partial charge in [0.2, 0.25) is 0 Å². The predicted octanol–water partition coefficient (Wildman–Crippen LogP) is 13.8. The van der Waals surface area contributed by atoms with E-state index in [-0.39, 0.29) is 0 Å². The Bertz CT molecular complexity index is 2680. The van der Waals surface area contributed by atoms with E-state index < -0.39 is 0 Å². The first kappa shape index (κ1) is 29.0. The summed E-state index contributed by atoms with van der Waals surface area (Å²) in [6, 6.07) is 52.6. The van der Waals surface area contributed by atoms with Gasteiger partial charge in [-0.2, -0.15) is 0 Å². The number of rotatable bonds is 5. The number of benzene rings is 8. The molecule has 8 aromatic carbocycles. The van der Waals surface area contributed by atoms with Crippen LogP contribution in [0.25, 0.3) is 88.0 Å². The Morgan fingerprint density at radius 1 is 0.490 bits per heavy atom. The molecule has 0 atom stereocenters. The lowest BCUT2D eigenvalue weighted by Gasteiger charge is -2.18. The van der Waals surface area contributed by atoms with E-state index in [4.69, 9.17) is 4.42 Å². The number of aryl methyl sites for hydroxylation is 1. The molecule has 0 radical (unpaired) electrons. The van der Waals surface area contributed by atoms with Crippen LogP contribution in [-0.4, -0.2) is 0 Å². The van der Waals surface area contributed by atoms with Crippen molar-refractivity contribution in [2.45, 2.75) is 13.8 Å². The van der Waals surface area contributed by atoms with Gasteiger partial charge >= 0.3 is 0 Å². The quantitative estimate of drug-likeness (QED) is 0.173. The highest BCUT2D eigenvalue weighted by Crippen LogP contribution is 2.47. The monoisotopic (exact) mass is 626 g/mol. The molecule has 1 aromatic heterocycles. The topological polar surface area (TPSA) is 13.1 Å². The van der Waals surface area contributed by atoms with Gasteiger partial charge in [-0.05, 0) is 114 Å². The van der Waals surface area contributed by atoms with Crippen molar-refractivity contribution in [1.29, 1.82) is 0 Å². The molecule has 0 amide bonds. The van der Waals surface area contributed by atoms with Gasteiger partial charge in [0, 0.05) is 10.9 Å². The molecule has 1 heterocycles. The summed E-state index contributed by atoms with van der Waals surface area (Å²) in [5.74, 6) is 0.781. The van der Waals surface area contributed by atoms with E-state index in [0.29, 0.717) is 0 Å². The van der Waals surface area contributed by atoms with Crippen LogP contribution < -0.4 is 0 Å². The Labute approximate surface area is 286 Å². The van der Waals surface area contributed by atoms with Crippen molar-refractivity contribution in [3.8, 4) is 22.3 Å². The Balaban J connectivity index is 1.36. The fraction of sp³-hybridized carbons (Fsp3) is 0.0417. The van der Waals surface area contributed by atoms with Gasteiger partial charge < -0.3 is 4.42 Å². The van der Waals surface area contributed by atoms with Crippen LogP contribution in [0.3, 0.4) is 0 Å². The van der Waals surface area contributed by atoms with Gasteiger partial charge in [-0.25, -0.2) is 0 Å². The van der Waals surface area contributed by atoms with E-state index in [1.807, 2.05) is 6.08 Å². The minimum Gasteiger partial charge on any atom is -0.456 e. The summed E-state index contributed by atoms with van der Waals surface area (Å²) in [6.07, 6.45) is 4.10. The van der Waals surface area contributed by atoms with Gasteiger partial charge in [0.25, 0.3) is 0 Å². The Morgan fingerprint density at radius 3 is 1.47 bits per heavy atom. The second kappa shape index (κ2) is 11.5. The molecule has 9 aromatic rings. The van der Waals surface area contributed by atoms with Crippen molar-refractivity contribution >= 4 is 65.7 Å². The summed E-state index contributed by atoms with van der Waals surface area (Å²) in [5.41, 5.74) is 10.5. The molecule has 0 aliphatic heterocycles. The molecule has 1 heteroatoms. The number of allylic oxidation sites excluding steroid dienone is 1. The Hall–Kier alpha value is -6.18. The van der Waals surface area contributed by atoms with Crippen LogP contribution in [0.5, 0.6) is 0 Å². The normalized spacial score (nSPS) is 12.1. The fourth-order valence-corrected chi connectivity index (χ4v) is 8.10. The molecule has 0 unspecified atom stereocenters. The molecule has 0 saturated heterocycles. The molecule has 1 nitrogen and oxygen atoms in total. The summed E-state index contributed by atoms with van der Waals surface area (Å²) < 4.78 is 6.58. The molecule has 232 valence electrons. The van der Waals surface area contributed by atoms with E-state index in [1.165, 1.54) is 70.9 Å². The summed E-state index contributed by atoms with van der Waals surface area (Å²) in [5, 5.41) is 11.0. The first-order valence-electron chi connectivity index (χ1n) is 16.9.